The monoisotopic (exact) mass is 501 g/mol. The highest BCUT2D eigenvalue weighted by Gasteiger charge is 2.39. The van der Waals surface area contributed by atoms with Gasteiger partial charge in [0.05, 0.1) is 30.9 Å². The minimum atomic E-state index is -0.867. The summed E-state index contributed by atoms with van der Waals surface area (Å²) in [6.45, 7) is 3.49. The number of amides is 2. The summed E-state index contributed by atoms with van der Waals surface area (Å²) in [7, 11) is 0. The van der Waals surface area contributed by atoms with Crippen LogP contribution in [0, 0.1) is 0 Å². The van der Waals surface area contributed by atoms with E-state index in [1.165, 1.54) is 10.8 Å². The van der Waals surface area contributed by atoms with Crippen molar-refractivity contribution in [2.45, 2.75) is 32.9 Å². The molecule has 10 heteroatoms. The molecular weight excluding hydrogens is 478 g/mol. The molecule has 10 nitrogen and oxygen atoms in total. The van der Waals surface area contributed by atoms with Crippen molar-refractivity contribution in [1.29, 1.82) is 0 Å². The first-order chi connectivity index (χ1) is 17.8. The van der Waals surface area contributed by atoms with Crippen molar-refractivity contribution in [2.75, 3.05) is 13.2 Å². The second-order valence-corrected chi connectivity index (χ2v) is 8.57. The Morgan fingerprint density at radius 1 is 0.892 bits per heavy atom. The van der Waals surface area contributed by atoms with Crippen LogP contribution in [0.25, 0.3) is 0 Å². The Labute approximate surface area is 211 Å². The maximum absolute atomic E-state index is 13.5. The maximum atomic E-state index is 13.5. The lowest BCUT2D eigenvalue weighted by atomic mass is 10.0. The molecular formula is C27H23N3O7. The number of fused-ring (bicyclic) bond motifs is 2. The Morgan fingerprint density at radius 3 is 2.16 bits per heavy atom. The molecule has 3 aromatic rings. The molecule has 2 aliphatic rings. The number of ketones is 1. The zero-order valence-electron chi connectivity index (χ0n) is 20.2. The second kappa shape index (κ2) is 9.45. The fourth-order valence-corrected chi connectivity index (χ4v) is 4.78. The molecule has 0 radical (unpaired) electrons. The van der Waals surface area contributed by atoms with Gasteiger partial charge in [0.2, 0.25) is 5.82 Å². The number of nitrogens with zero attached hydrogens (tertiary/aromatic N) is 3. The summed E-state index contributed by atoms with van der Waals surface area (Å²) in [5, 5.41) is 0. The molecule has 0 saturated heterocycles. The first-order valence-corrected chi connectivity index (χ1v) is 11.9. The minimum absolute atomic E-state index is 0.00173. The van der Waals surface area contributed by atoms with Crippen LogP contribution in [0.4, 0.5) is 0 Å². The fraction of sp³-hybridized carbons (Fsp3) is 0.259. The molecule has 1 atom stereocenters. The Bertz CT molecular complexity index is 1440. The van der Waals surface area contributed by atoms with Gasteiger partial charge in [-0.05, 0) is 37.1 Å². The summed E-state index contributed by atoms with van der Waals surface area (Å²) in [6, 6.07) is 10.9. The maximum Gasteiger partial charge on any atom is 0.374 e. The van der Waals surface area contributed by atoms with Crippen LogP contribution in [0.5, 0.6) is 0 Å². The third-order valence-corrected chi connectivity index (χ3v) is 6.46. The van der Waals surface area contributed by atoms with Crippen LogP contribution in [0.3, 0.4) is 0 Å². The van der Waals surface area contributed by atoms with Crippen LogP contribution in [-0.4, -0.2) is 57.2 Å². The van der Waals surface area contributed by atoms with Crippen molar-refractivity contribution in [2.24, 2.45) is 0 Å². The summed E-state index contributed by atoms with van der Waals surface area (Å²) >= 11 is 0. The topological polar surface area (TPSA) is 125 Å². The van der Waals surface area contributed by atoms with Crippen LogP contribution in [-0.2, 0) is 22.4 Å². The van der Waals surface area contributed by atoms with E-state index in [0.29, 0.717) is 27.8 Å². The molecule has 0 spiro atoms. The Hall–Kier alpha value is -4.60. The molecule has 0 N–H and O–H groups in total. The average molecular weight is 501 g/mol. The molecule has 1 aliphatic heterocycles. The molecule has 188 valence electrons. The van der Waals surface area contributed by atoms with E-state index in [9.17, 15) is 24.0 Å². The van der Waals surface area contributed by atoms with Crippen LogP contribution < -0.4 is 0 Å². The molecule has 0 bridgehead atoms. The second-order valence-electron chi connectivity index (χ2n) is 8.57. The van der Waals surface area contributed by atoms with Crippen LogP contribution >= 0.6 is 0 Å². The normalized spacial score (nSPS) is 16.1. The lowest BCUT2D eigenvalue weighted by Gasteiger charge is -2.16. The third-order valence-electron chi connectivity index (χ3n) is 6.46. The first kappa shape index (κ1) is 24.1. The van der Waals surface area contributed by atoms with E-state index in [-0.39, 0.29) is 43.5 Å². The van der Waals surface area contributed by atoms with Gasteiger partial charge in [0.25, 0.3) is 11.8 Å². The van der Waals surface area contributed by atoms with E-state index in [1.54, 1.807) is 56.3 Å². The number of carbonyl (C=O) groups excluding carboxylic acids is 5. The van der Waals surface area contributed by atoms with Gasteiger partial charge in [0.1, 0.15) is 6.04 Å². The summed E-state index contributed by atoms with van der Waals surface area (Å²) < 4.78 is 11.4. The Morgan fingerprint density at radius 2 is 1.51 bits per heavy atom. The van der Waals surface area contributed by atoms with Gasteiger partial charge in [0.15, 0.2) is 11.5 Å². The summed E-state index contributed by atoms with van der Waals surface area (Å²) in [5.74, 6) is -2.74. The molecule has 5 rings (SSSR count). The van der Waals surface area contributed by atoms with Crippen LogP contribution in [0.1, 0.15) is 83.2 Å². The standard InChI is InChI=1S/C27H23N3O7/c1-3-36-26(34)20-14-29(23(28-20)27(35)37-4-2)21-12-19-15(8-7-11-16(19)22(21)31)13-30-24(32)17-9-5-6-10-18(17)25(30)33/h5-11,14,21H,3-4,12-13H2,1-2H3. The molecule has 1 aromatic heterocycles. The highest BCUT2D eigenvalue weighted by molar-refractivity contribution is 6.21. The Kier molecular flexibility index (Phi) is 6.16. The summed E-state index contributed by atoms with van der Waals surface area (Å²) in [5.41, 5.74) is 2.30. The quantitative estimate of drug-likeness (QED) is 0.357. The lowest BCUT2D eigenvalue weighted by molar-refractivity contribution is 0.0502. The molecule has 2 aromatic carbocycles. The van der Waals surface area contributed by atoms with E-state index in [4.69, 9.17) is 9.47 Å². The zero-order valence-corrected chi connectivity index (χ0v) is 20.2. The molecule has 2 amide bonds. The van der Waals surface area contributed by atoms with E-state index < -0.39 is 29.8 Å². The largest absolute Gasteiger partial charge is 0.461 e. The number of aromatic nitrogens is 2. The van der Waals surface area contributed by atoms with Crippen molar-refractivity contribution in [3.63, 3.8) is 0 Å². The number of Topliss-reactive ketones (excluding diaryl/α,β-unsaturated/α-hetero) is 1. The molecule has 0 saturated carbocycles. The molecule has 1 unspecified atom stereocenters. The summed E-state index contributed by atoms with van der Waals surface area (Å²) in [4.78, 5) is 69.4. The van der Waals surface area contributed by atoms with Gasteiger partial charge in [-0.25, -0.2) is 14.6 Å². The van der Waals surface area contributed by atoms with Crippen LogP contribution in [0.2, 0.25) is 0 Å². The highest BCUT2D eigenvalue weighted by Crippen LogP contribution is 2.35. The van der Waals surface area contributed by atoms with Gasteiger partial charge in [-0.15, -0.1) is 0 Å². The number of carbonyl (C=O) groups is 5. The fourth-order valence-electron chi connectivity index (χ4n) is 4.78. The van der Waals surface area contributed by atoms with Crippen molar-refractivity contribution < 1.29 is 33.4 Å². The molecule has 1 aliphatic carbocycles. The van der Waals surface area contributed by atoms with E-state index in [1.807, 2.05) is 0 Å². The van der Waals surface area contributed by atoms with Crippen molar-refractivity contribution in [3.05, 3.63) is 88.0 Å². The lowest BCUT2D eigenvalue weighted by Crippen LogP contribution is -2.29. The number of hydrogen-bond acceptors (Lipinski definition) is 8. The average Bonchev–Trinajstić information content (AvgIpc) is 3.55. The number of ether oxygens (including phenoxy) is 2. The summed E-state index contributed by atoms with van der Waals surface area (Å²) in [6.07, 6.45) is 1.50. The Balaban J connectivity index is 1.48. The van der Waals surface area contributed by atoms with Crippen molar-refractivity contribution in [3.8, 4) is 0 Å². The zero-order chi connectivity index (χ0) is 26.3. The number of benzene rings is 2. The van der Waals surface area contributed by atoms with Gasteiger partial charge in [0, 0.05) is 18.2 Å². The predicted molar refractivity (Wildman–Crippen MR) is 128 cm³/mol. The molecule has 0 fully saturated rings. The van der Waals surface area contributed by atoms with Crippen molar-refractivity contribution >= 4 is 29.5 Å². The first-order valence-electron chi connectivity index (χ1n) is 11.9. The van der Waals surface area contributed by atoms with Crippen molar-refractivity contribution in [1.82, 2.24) is 14.5 Å². The van der Waals surface area contributed by atoms with Gasteiger partial charge in [-0.2, -0.15) is 0 Å². The number of esters is 2. The van der Waals surface area contributed by atoms with E-state index >= 15 is 0 Å². The SMILES string of the molecule is CCOC(=O)c1cn(C2Cc3c(CN4C(=O)c5ccccc5C4=O)cccc3C2=O)c(C(=O)OCC)n1. The number of rotatable bonds is 7. The predicted octanol–water partition coefficient (Wildman–Crippen LogP) is 3.01. The smallest absolute Gasteiger partial charge is 0.374 e. The number of imide groups is 1. The van der Waals surface area contributed by atoms with Gasteiger partial charge >= 0.3 is 11.9 Å². The number of hydrogen-bond donors (Lipinski definition) is 0. The molecule has 37 heavy (non-hydrogen) atoms. The van der Waals surface area contributed by atoms with Gasteiger partial charge in [-0.1, -0.05) is 30.3 Å². The number of imidazole rings is 1. The van der Waals surface area contributed by atoms with Gasteiger partial charge < -0.3 is 14.0 Å². The van der Waals surface area contributed by atoms with E-state index in [0.717, 1.165) is 4.90 Å². The van der Waals surface area contributed by atoms with Crippen LogP contribution in [0.15, 0.2) is 48.7 Å². The molecule has 2 heterocycles. The van der Waals surface area contributed by atoms with Gasteiger partial charge in [-0.3, -0.25) is 19.3 Å². The minimum Gasteiger partial charge on any atom is -0.461 e. The third kappa shape index (κ3) is 4.00. The van der Waals surface area contributed by atoms with E-state index in [2.05, 4.69) is 4.98 Å². The highest BCUT2D eigenvalue weighted by atomic mass is 16.5.